The second-order valence-corrected chi connectivity index (χ2v) is 11.2. The van der Waals surface area contributed by atoms with E-state index in [9.17, 15) is 13.2 Å². The summed E-state index contributed by atoms with van der Waals surface area (Å²) in [6.07, 6.45) is 13.3. The molecule has 1 aromatic rings. The summed E-state index contributed by atoms with van der Waals surface area (Å²) in [5, 5.41) is 4.88. The molecular weight excluding hydrogens is 394 g/mol. The molecule has 0 spiro atoms. The van der Waals surface area contributed by atoms with Gasteiger partial charge in [-0.15, -0.1) is 0 Å². The topological polar surface area (TPSA) is 77.2 Å². The lowest BCUT2D eigenvalue weighted by molar-refractivity contribution is -0.115. The highest BCUT2D eigenvalue weighted by atomic mass is 32.2. The molecule has 5 heteroatoms. The molecule has 0 heterocycles. The van der Waals surface area contributed by atoms with Gasteiger partial charge in [0, 0.05) is 6.42 Å². The number of benzene rings is 1. The number of nitrogens with two attached hydrogens (primary N) is 1. The lowest BCUT2D eigenvalue weighted by Gasteiger charge is -2.50. The van der Waals surface area contributed by atoms with Crippen molar-refractivity contribution in [2.75, 3.05) is 0 Å². The highest BCUT2D eigenvalue weighted by Gasteiger charge is 2.48. The Bertz CT molecular complexity index is 1000. The lowest BCUT2D eigenvalue weighted by Crippen LogP contribution is -2.40. The summed E-state index contributed by atoms with van der Waals surface area (Å²) in [6, 6.07) is 6.40. The summed E-state index contributed by atoms with van der Waals surface area (Å²) in [5.74, 6) is 1.99. The zero-order chi connectivity index (χ0) is 21.5. The van der Waals surface area contributed by atoms with Crippen molar-refractivity contribution in [3.05, 3.63) is 52.6 Å². The lowest BCUT2D eigenvalue weighted by atomic mass is 9.54. The molecule has 30 heavy (non-hydrogen) atoms. The van der Waals surface area contributed by atoms with Crippen molar-refractivity contribution in [1.29, 1.82) is 0 Å². The smallest absolute Gasteiger partial charge is 0.238 e. The number of sulfonamides is 1. The molecule has 0 saturated heterocycles. The van der Waals surface area contributed by atoms with Gasteiger partial charge in [0.05, 0.1) is 4.90 Å². The van der Waals surface area contributed by atoms with Crippen molar-refractivity contribution in [2.24, 2.45) is 22.4 Å². The monoisotopic (exact) mass is 427 g/mol. The standard InChI is InChI=1S/C18H24O.C7H9NO2S/c1-18-10-9-12-3-2-4-15(12)17(18)7-5-13-11-14(19)6-8-16(13)18;1-6-2-4-7(5-3-6)11(8,9)10/h11-12,16H,2-10H2,1H3;2-5H,1H3,(H2,8,9,10). The van der Waals surface area contributed by atoms with Crippen LogP contribution < -0.4 is 5.14 Å². The number of aryl methyl sites for hydroxylation is 1. The van der Waals surface area contributed by atoms with Gasteiger partial charge in [-0.05, 0) is 93.7 Å². The highest BCUT2D eigenvalue weighted by Crippen LogP contribution is 2.60. The molecule has 0 aliphatic heterocycles. The van der Waals surface area contributed by atoms with E-state index in [0.717, 1.165) is 30.7 Å². The normalized spacial score (nSPS) is 30.5. The maximum absolute atomic E-state index is 11.7. The fraction of sp³-hybridized carbons (Fsp3) is 0.560. The maximum atomic E-state index is 11.7. The van der Waals surface area contributed by atoms with Crippen LogP contribution in [-0.2, 0) is 14.8 Å². The Hall–Kier alpha value is -1.72. The molecule has 162 valence electrons. The molecule has 3 unspecified atom stereocenters. The van der Waals surface area contributed by atoms with E-state index >= 15 is 0 Å². The van der Waals surface area contributed by atoms with E-state index in [1.54, 1.807) is 12.1 Å². The SMILES string of the molecule is CC12CCC3CCCC3=C1CCC1=CC(=O)CCC12.Cc1ccc(S(N)(=O)=O)cc1. The van der Waals surface area contributed by atoms with Gasteiger partial charge in [-0.25, -0.2) is 13.6 Å². The molecule has 4 nitrogen and oxygen atoms in total. The van der Waals surface area contributed by atoms with Crippen LogP contribution in [-0.4, -0.2) is 14.2 Å². The van der Waals surface area contributed by atoms with Crippen molar-refractivity contribution in [3.8, 4) is 0 Å². The molecular formula is C25H33NO3S. The number of ketones is 1. The Morgan fingerprint density at radius 3 is 2.43 bits per heavy atom. The van der Waals surface area contributed by atoms with Gasteiger partial charge in [0.15, 0.2) is 5.78 Å². The third-order valence-corrected chi connectivity index (χ3v) is 8.77. The van der Waals surface area contributed by atoms with Gasteiger partial charge in [-0.1, -0.05) is 41.3 Å². The van der Waals surface area contributed by atoms with Gasteiger partial charge in [0.2, 0.25) is 10.0 Å². The van der Waals surface area contributed by atoms with Crippen molar-refractivity contribution >= 4 is 15.8 Å². The van der Waals surface area contributed by atoms with Crippen LogP contribution in [0.5, 0.6) is 0 Å². The number of carbonyl (C=O) groups excluding carboxylic acids is 1. The molecule has 2 N–H and O–H groups in total. The van der Waals surface area contributed by atoms with Gasteiger partial charge in [0.25, 0.3) is 0 Å². The van der Waals surface area contributed by atoms with Crippen molar-refractivity contribution < 1.29 is 13.2 Å². The number of fused-ring (bicyclic) bond motifs is 4. The number of hydrogen-bond donors (Lipinski definition) is 1. The van der Waals surface area contributed by atoms with E-state index in [4.69, 9.17) is 5.14 Å². The number of primary sulfonamides is 1. The Morgan fingerprint density at radius 1 is 1.00 bits per heavy atom. The Morgan fingerprint density at radius 2 is 1.73 bits per heavy atom. The van der Waals surface area contributed by atoms with Gasteiger partial charge >= 0.3 is 0 Å². The molecule has 3 atom stereocenters. The first kappa shape index (κ1) is 21.5. The summed E-state index contributed by atoms with van der Waals surface area (Å²) in [7, 11) is -3.52. The summed E-state index contributed by atoms with van der Waals surface area (Å²) in [5.41, 5.74) is 6.58. The third kappa shape index (κ3) is 4.06. The second kappa shape index (κ2) is 8.08. The van der Waals surface area contributed by atoms with Gasteiger partial charge in [-0.3, -0.25) is 4.79 Å². The van der Waals surface area contributed by atoms with Crippen LogP contribution >= 0.6 is 0 Å². The van der Waals surface area contributed by atoms with Crippen LogP contribution in [0.1, 0.15) is 70.3 Å². The third-order valence-electron chi connectivity index (χ3n) is 7.84. The first-order valence-electron chi connectivity index (χ1n) is 11.2. The molecule has 4 aliphatic carbocycles. The molecule has 4 aliphatic rings. The van der Waals surface area contributed by atoms with Gasteiger partial charge in [0.1, 0.15) is 0 Å². The number of carbonyl (C=O) groups is 1. The largest absolute Gasteiger partial charge is 0.295 e. The zero-order valence-corrected chi connectivity index (χ0v) is 18.9. The predicted octanol–water partition coefficient (Wildman–Crippen LogP) is 5.22. The molecule has 2 saturated carbocycles. The number of allylic oxidation sites excluding steroid dienone is 4. The van der Waals surface area contributed by atoms with E-state index in [1.165, 1.54) is 56.2 Å². The summed E-state index contributed by atoms with van der Waals surface area (Å²) in [4.78, 5) is 11.8. The summed E-state index contributed by atoms with van der Waals surface area (Å²) < 4.78 is 21.4. The second-order valence-electron chi connectivity index (χ2n) is 9.68. The minimum absolute atomic E-state index is 0.156. The quantitative estimate of drug-likeness (QED) is 0.624. The van der Waals surface area contributed by atoms with Crippen LogP contribution in [0.4, 0.5) is 0 Å². The highest BCUT2D eigenvalue weighted by molar-refractivity contribution is 7.89. The summed E-state index contributed by atoms with van der Waals surface area (Å²) in [6.45, 7) is 4.39. The molecule has 2 fully saturated rings. The minimum Gasteiger partial charge on any atom is -0.295 e. The molecule has 0 aromatic heterocycles. The van der Waals surface area contributed by atoms with Crippen molar-refractivity contribution in [1.82, 2.24) is 0 Å². The van der Waals surface area contributed by atoms with Crippen LogP contribution in [0.25, 0.3) is 0 Å². The molecule has 0 amide bonds. The van der Waals surface area contributed by atoms with E-state index in [1.807, 2.05) is 24.1 Å². The minimum atomic E-state index is -3.52. The van der Waals surface area contributed by atoms with Crippen molar-refractivity contribution in [3.63, 3.8) is 0 Å². The zero-order valence-electron chi connectivity index (χ0n) is 18.1. The fourth-order valence-corrected chi connectivity index (χ4v) is 6.79. The van der Waals surface area contributed by atoms with Gasteiger partial charge in [-0.2, -0.15) is 0 Å². The Labute approximate surface area is 180 Å². The van der Waals surface area contributed by atoms with E-state index in [0.29, 0.717) is 17.1 Å². The maximum Gasteiger partial charge on any atom is 0.238 e. The first-order chi connectivity index (χ1) is 14.2. The van der Waals surface area contributed by atoms with E-state index in [2.05, 4.69) is 6.92 Å². The summed E-state index contributed by atoms with van der Waals surface area (Å²) >= 11 is 0. The van der Waals surface area contributed by atoms with Crippen LogP contribution in [0.15, 0.2) is 52.0 Å². The average Bonchev–Trinajstić information content (AvgIpc) is 3.16. The number of rotatable bonds is 1. The first-order valence-corrected chi connectivity index (χ1v) is 12.8. The van der Waals surface area contributed by atoms with Crippen LogP contribution in [0.2, 0.25) is 0 Å². The van der Waals surface area contributed by atoms with E-state index in [-0.39, 0.29) is 4.90 Å². The van der Waals surface area contributed by atoms with Crippen LogP contribution in [0.3, 0.4) is 0 Å². The van der Waals surface area contributed by atoms with Crippen molar-refractivity contribution in [2.45, 2.75) is 76.5 Å². The molecule has 5 rings (SSSR count). The van der Waals surface area contributed by atoms with E-state index < -0.39 is 10.0 Å². The fourth-order valence-electron chi connectivity index (χ4n) is 6.28. The molecule has 0 radical (unpaired) electrons. The predicted molar refractivity (Wildman–Crippen MR) is 119 cm³/mol. The Kier molecular flexibility index (Phi) is 5.80. The number of hydrogen-bond acceptors (Lipinski definition) is 3. The molecule has 0 bridgehead atoms. The van der Waals surface area contributed by atoms with Crippen LogP contribution in [0, 0.1) is 24.2 Å². The molecule has 1 aromatic carbocycles. The Balaban J connectivity index is 0.000000170. The average molecular weight is 428 g/mol. The van der Waals surface area contributed by atoms with Gasteiger partial charge < -0.3 is 0 Å².